The van der Waals surface area contributed by atoms with E-state index in [0.29, 0.717) is 23.2 Å². The number of carbonyl (C=O) groups is 1. The van der Waals surface area contributed by atoms with E-state index in [1.165, 1.54) is 0 Å². The molecule has 20 heavy (non-hydrogen) atoms. The molecule has 1 amide bonds. The lowest BCUT2D eigenvalue weighted by atomic mass is 10.1. The maximum atomic E-state index is 11.7. The van der Waals surface area contributed by atoms with Crippen LogP contribution in [0.5, 0.6) is 5.75 Å². The number of anilines is 1. The van der Waals surface area contributed by atoms with Crippen molar-refractivity contribution in [2.45, 2.75) is 27.2 Å². The quantitative estimate of drug-likeness (QED) is 0.812. The average molecular weight is 299 g/mol. The van der Waals surface area contributed by atoms with E-state index < -0.39 is 0 Å². The lowest BCUT2D eigenvalue weighted by molar-refractivity contribution is -0.119. The first-order chi connectivity index (χ1) is 9.43. The normalized spacial score (nSPS) is 10.5. The van der Waals surface area contributed by atoms with Crippen LogP contribution in [0.2, 0.25) is 5.02 Å². The molecule has 0 bridgehead atoms. The molecule has 5 heteroatoms. The van der Waals surface area contributed by atoms with Gasteiger partial charge < -0.3 is 15.4 Å². The predicted octanol–water partition coefficient (Wildman–Crippen LogP) is 3.23. The van der Waals surface area contributed by atoms with Gasteiger partial charge in [-0.1, -0.05) is 25.4 Å². The Morgan fingerprint density at radius 1 is 1.40 bits per heavy atom. The zero-order valence-electron chi connectivity index (χ0n) is 12.5. The van der Waals surface area contributed by atoms with Crippen LogP contribution in [0, 0.1) is 12.8 Å². The van der Waals surface area contributed by atoms with Crippen LogP contribution < -0.4 is 15.4 Å². The third kappa shape index (κ3) is 5.29. The van der Waals surface area contributed by atoms with Crippen LogP contribution in [0.4, 0.5) is 5.69 Å². The SMILES string of the molecule is COc1cc(Cl)c(C)cc1NCC(=O)NCCC(C)C. The minimum atomic E-state index is -0.0275. The first kappa shape index (κ1) is 16.6. The van der Waals surface area contributed by atoms with Gasteiger partial charge in [0.1, 0.15) is 5.75 Å². The summed E-state index contributed by atoms with van der Waals surface area (Å²) in [6, 6.07) is 3.62. The number of carbonyl (C=O) groups excluding carboxylic acids is 1. The van der Waals surface area contributed by atoms with Crippen molar-refractivity contribution in [3.8, 4) is 5.75 Å². The number of benzene rings is 1. The average Bonchev–Trinajstić information content (AvgIpc) is 2.39. The number of halogens is 1. The second-order valence-corrected chi connectivity index (χ2v) is 5.59. The standard InChI is InChI=1S/C15H23ClN2O2/c1-10(2)5-6-17-15(19)9-18-13-7-11(3)12(16)8-14(13)20-4/h7-8,10,18H,5-6,9H2,1-4H3,(H,17,19). The predicted molar refractivity (Wildman–Crippen MR) is 83.7 cm³/mol. The van der Waals surface area contributed by atoms with Gasteiger partial charge in [0.2, 0.25) is 5.91 Å². The number of rotatable bonds is 7. The van der Waals surface area contributed by atoms with Gasteiger partial charge in [-0.25, -0.2) is 0 Å². The number of nitrogens with one attached hydrogen (secondary N) is 2. The highest BCUT2D eigenvalue weighted by Crippen LogP contribution is 2.30. The molecule has 1 aromatic carbocycles. The maximum absolute atomic E-state index is 11.7. The number of aryl methyl sites for hydroxylation is 1. The molecule has 0 unspecified atom stereocenters. The first-order valence-electron chi connectivity index (χ1n) is 6.78. The van der Waals surface area contributed by atoms with Gasteiger partial charge in [0.05, 0.1) is 19.3 Å². The van der Waals surface area contributed by atoms with Crippen LogP contribution in [0.15, 0.2) is 12.1 Å². The molecule has 0 aliphatic heterocycles. The summed E-state index contributed by atoms with van der Waals surface area (Å²) in [6.45, 7) is 7.09. The van der Waals surface area contributed by atoms with Gasteiger partial charge in [0.15, 0.2) is 0 Å². The molecule has 0 atom stereocenters. The molecular formula is C15H23ClN2O2. The zero-order chi connectivity index (χ0) is 15.1. The van der Waals surface area contributed by atoms with E-state index in [4.69, 9.17) is 16.3 Å². The van der Waals surface area contributed by atoms with E-state index in [-0.39, 0.29) is 12.5 Å². The Morgan fingerprint density at radius 2 is 2.10 bits per heavy atom. The van der Waals surface area contributed by atoms with Gasteiger partial charge in [0.25, 0.3) is 0 Å². The topological polar surface area (TPSA) is 50.4 Å². The van der Waals surface area contributed by atoms with Gasteiger partial charge in [0, 0.05) is 17.6 Å². The summed E-state index contributed by atoms with van der Waals surface area (Å²) in [5.41, 5.74) is 1.71. The molecule has 0 spiro atoms. The van der Waals surface area contributed by atoms with E-state index in [9.17, 15) is 4.79 Å². The van der Waals surface area contributed by atoms with E-state index in [1.807, 2.05) is 13.0 Å². The molecule has 0 fully saturated rings. The molecule has 4 nitrogen and oxygen atoms in total. The fraction of sp³-hybridized carbons (Fsp3) is 0.533. The van der Waals surface area contributed by atoms with Crippen LogP contribution >= 0.6 is 11.6 Å². The number of ether oxygens (including phenoxy) is 1. The van der Waals surface area contributed by atoms with Crippen molar-refractivity contribution in [2.24, 2.45) is 5.92 Å². The summed E-state index contributed by atoms with van der Waals surface area (Å²) >= 11 is 6.04. The minimum absolute atomic E-state index is 0.0275. The molecule has 0 aromatic heterocycles. The van der Waals surface area contributed by atoms with E-state index in [1.54, 1.807) is 13.2 Å². The largest absolute Gasteiger partial charge is 0.495 e. The maximum Gasteiger partial charge on any atom is 0.239 e. The summed E-state index contributed by atoms with van der Waals surface area (Å²) in [6.07, 6.45) is 0.981. The fourth-order valence-electron chi connectivity index (χ4n) is 1.71. The van der Waals surface area contributed by atoms with E-state index >= 15 is 0 Å². The number of amides is 1. The minimum Gasteiger partial charge on any atom is -0.495 e. The second kappa shape index (κ2) is 8.00. The van der Waals surface area contributed by atoms with Gasteiger partial charge in [-0.15, -0.1) is 0 Å². The molecule has 2 N–H and O–H groups in total. The number of hydrogen-bond donors (Lipinski definition) is 2. The van der Waals surface area contributed by atoms with Crippen LogP contribution in [0.25, 0.3) is 0 Å². The van der Waals surface area contributed by atoms with Gasteiger partial charge in [-0.2, -0.15) is 0 Å². The molecule has 0 aliphatic rings. The molecular weight excluding hydrogens is 276 g/mol. The van der Waals surface area contributed by atoms with Crippen molar-refractivity contribution >= 4 is 23.2 Å². The van der Waals surface area contributed by atoms with Crippen molar-refractivity contribution in [1.82, 2.24) is 5.32 Å². The Hall–Kier alpha value is -1.42. The van der Waals surface area contributed by atoms with Gasteiger partial charge >= 0.3 is 0 Å². The Bertz CT molecular complexity index is 461. The lowest BCUT2D eigenvalue weighted by Gasteiger charge is -2.13. The summed E-state index contributed by atoms with van der Waals surface area (Å²) in [5, 5.41) is 6.60. The molecule has 112 valence electrons. The smallest absolute Gasteiger partial charge is 0.239 e. The zero-order valence-corrected chi connectivity index (χ0v) is 13.3. The summed E-state index contributed by atoms with van der Waals surface area (Å²) in [5.74, 6) is 1.19. The Kier molecular flexibility index (Phi) is 6.65. The molecule has 1 aromatic rings. The lowest BCUT2D eigenvalue weighted by Crippen LogP contribution is -2.31. The molecule has 1 rings (SSSR count). The monoisotopic (exact) mass is 298 g/mol. The van der Waals surface area contributed by atoms with Crippen molar-refractivity contribution < 1.29 is 9.53 Å². The van der Waals surface area contributed by atoms with Crippen LogP contribution in [-0.4, -0.2) is 26.1 Å². The Morgan fingerprint density at radius 3 is 2.70 bits per heavy atom. The first-order valence-corrected chi connectivity index (χ1v) is 7.16. The summed E-state index contributed by atoms with van der Waals surface area (Å²) < 4.78 is 5.25. The molecule has 0 heterocycles. The summed E-state index contributed by atoms with van der Waals surface area (Å²) in [7, 11) is 1.58. The Labute approximate surface area is 125 Å². The number of hydrogen-bond acceptors (Lipinski definition) is 3. The van der Waals surface area contributed by atoms with Crippen molar-refractivity contribution in [3.05, 3.63) is 22.7 Å². The van der Waals surface area contributed by atoms with Crippen LogP contribution in [0.1, 0.15) is 25.8 Å². The third-order valence-corrected chi connectivity index (χ3v) is 3.37. The number of methoxy groups -OCH3 is 1. The second-order valence-electron chi connectivity index (χ2n) is 5.19. The fourth-order valence-corrected chi connectivity index (χ4v) is 1.86. The van der Waals surface area contributed by atoms with Crippen molar-refractivity contribution in [1.29, 1.82) is 0 Å². The molecule has 0 radical (unpaired) electrons. The molecule has 0 saturated carbocycles. The van der Waals surface area contributed by atoms with E-state index in [2.05, 4.69) is 24.5 Å². The van der Waals surface area contributed by atoms with E-state index in [0.717, 1.165) is 17.7 Å². The third-order valence-electron chi connectivity index (χ3n) is 2.96. The van der Waals surface area contributed by atoms with Crippen LogP contribution in [-0.2, 0) is 4.79 Å². The van der Waals surface area contributed by atoms with Crippen molar-refractivity contribution in [2.75, 3.05) is 25.5 Å². The summed E-state index contributed by atoms with van der Waals surface area (Å²) in [4.78, 5) is 11.7. The van der Waals surface area contributed by atoms with Crippen molar-refractivity contribution in [3.63, 3.8) is 0 Å². The highest BCUT2D eigenvalue weighted by atomic mass is 35.5. The van der Waals surface area contributed by atoms with Crippen LogP contribution in [0.3, 0.4) is 0 Å². The highest BCUT2D eigenvalue weighted by Gasteiger charge is 2.08. The molecule has 0 saturated heterocycles. The Balaban J connectivity index is 2.52. The van der Waals surface area contributed by atoms with Gasteiger partial charge in [-0.05, 0) is 30.9 Å². The molecule has 0 aliphatic carbocycles. The highest BCUT2D eigenvalue weighted by molar-refractivity contribution is 6.31. The van der Waals surface area contributed by atoms with Gasteiger partial charge in [-0.3, -0.25) is 4.79 Å².